The van der Waals surface area contributed by atoms with Gasteiger partial charge in [0.05, 0.1) is 6.20 Å². The molecule has 1 atom stereocenters. The molecule has 0 saturated carbocycles. The highest BCUT2D eigenvalue weighted by molar-refractivity contribution is 5.04. The van der Waals surface area contributed by atoms with Gasteiger partial charge in [-0.1, -0.05) is 0 Å². The first kappa shape index (κ1) is 18.8. The number of aromatic nitrogens is 2. The van der Waals surface area contributed by atoms with Gasteiger partial charge in [0.25, 0.3) is 0 Å². The number of aliphatic hydroxyl groups excluding tert-OH is 1. The Balaban J connectivity index is 1.56. The molecular weight excluding hydrogens is 314 g/mol. The van der Waals surface area contributed by atoms with E-state index in [9.17, 15) is 5.11 Å². The average Bonchev–Trinajstić information content (AvgIpc) is 3.00. The summed E-state index contributed by atoms with van der Waals surface area (Å²) in [5.41, 5.74) is 1.28. The maximum atomic E-state index is 9.56. The molecule has 0 aliphatic carbocycles. The third kappa shape index (κ3) is 4.82. The van der Waals surface area contributed by atoms with Crippen LogP contribution in [0.4, 0.5) is 0 Å². The van der Waals surface area contributed by atoms with Crippen LogP contribution in [0.3, 0.4) is 0 Å². The fourth-order valence-electron chi connectivity index (χ4n) is 4.51. The van der Waals surface area contributed by atoms with Crippen molar-refractivity contribution in [3.63, 3.8) is 0 Å². The predicted octanol–water partition coefficient (Wildman–Crippen LogP) is 1.16. The van der Waals surface area contributed by atoms with Crippen LogP contribution in [-0.2, 0) is 13.6 Å². The Morgan fingerprint density at radius 3 is 2.56 bits per heavy atom. The van der Waals surface area contributed by atoms with E-state index >= 15 is 0 Å². The van der Waals surface area contributed by atoms with Crippen molar-refractivity contribution in [3.05, 3.63) is 18.0 Å². The summed E-state index contributed by atoms with van der Waals surface area (Å²) in [6, 6.07) is 1.82. The van der Waals surface area contributed by atoms with Crippen LogP contribution < -0.4 is 0 Å². The Morgan fingerprint density at radius 2 is 1.96 bits per heavy atom. The zero-order chi connectivity index (χ0) is 17.8. The van der Waals surface area contributed by atoms with E-state index in [1.807, 2.05) is 17.9 Å². The Hall–Kier alpha value is -0.950. The Morgan fingerprint density at radius 1 is 1.20 bits per heavy atom. The lowest BCUT2D eigenvalue weighted by Gasteiger charge is -2.48. The van der Waals surface area contributed by atoms with Gasteiger partial charge in [-0.15, -0.1) is 0 Å². The van der Waals surface area contributed by atoms with E-state index in [-0.39, 0.29) is 6.61 Å². The standard InChI is InChI=1S/C19H35N5O/c1-16(2)23-7-4-18(5-8-23)24-10-9-22(15-19(24)6-11-25)14-17-12-20-21(3)13-17/h12-13,16,18-19,25H,4-11,14-15H2,1-3H3. The molecule has 1 aromatic rings. The van der Waals surface area contributed by atoms with Gasteiger partial charge in [-0.3, -0.25) is 14.5 Å². The molecule has 6 nitrogen and oxygen atoms in total. The molecule has 142 valence electrons. The maximum Gasteiger partial charge on any atom is 0.0534 e. The number of piperidine rings is 1. The van der Waals surface area contributed by atoms with Gasteiger partial charge in [0.2, 0.25) is 0 Å². The molecule has 1 aromatic heterocycles. The summed E-state index contributed by atoms with van der Waals surface area (Å²) >= 11 is 0. The van der Waals surface area contributed by atoms with E-state index in [0.29, 0.717) is 18.1 Å². The van der Waals surface area contributed by atoms with E-state index in [4.69, 9.17) is 0 Å². The van der Waals surface area contributed by atoms with E-state index in [1.165, 1.54) is 31.5 Å². The summed E-state index contributed by atoms with van der Waals surface area (Å²) in [7, 11) is 1.97. The quantitative estimate of drug-likeness (QED) is 0.835. The number of piperazine rings is 1. The molecule has 0 bridgehead atoms. The number of hydrogen-bond acceptors (Lipinski definition) is 5. The van der Waals surface area contributed by atoms with Gasteiger partial charge in [-0.25, -0.2) is 0 Å². The van der Waals surface area contributed by atoms with E-state index in [2.05, 4.69) is 39.8 Å². The fraction of sp³-hybridized carbons (Fsp3) is 0.842. The van der Waals surface area contributed by atoms with Crippen LogP contribution in [0.25, 0.3) is 0 Å². The van der Waals surface area contributed by atoms with Crippen LogP contribution in [-0.4, -0.2) is 87.0 Å². The first-order valence-corrected chi connectivity index (χ1v) is 9.87. The largest absolute Gasteiger partial charge is 0.396 e. The number of hydrogen-bond donors (Lipinski definition) is 1. The first-order valence-electron chi connectivity index (χ1n) is 9.87. The molecule has 6 heteroatoms. The number of nitrogens with zero attached hydrogens (tertiary/aromatic N) is 5. The minimum Gasteiger partial charge on any atom is -0.396 e. The predicted molar refractivity (Wildman–Crippen MR) is 100 cm³/mol. The zero-order valence-corrected chi connectivity index (χ0v) is 16.1. The van der Waals surface area contributed by atoms with Gasteiger partial charge >= 0.3 is 0 Å². The summed E-state index contributed by atoms with van der Waals surface area (Å²) in [5, 5.41) is 13.8. The van der Waals surface area contributed by atoms with E-state index < -0.39 is 0 Å². The number of aryl methyl sites for hydroxylation is 1. The van der Waals surface area contributed by atoms with Crippen LogP contribution in [0.5, 0.6) is 0 Å². The van der Waals surface area contributed by atoms with Gasteiger partial charge in [0.1, 0.15) is 0 Å². The summed E-state index contributed by atoms with van der Waals surface area (Å²) in [6.07, 6.45) is 7.49. The van der Waals surface area contributed by atoms with E-state index in [1.54, 1.807) is 0 Å². The first-order chi connectivity index (χ1) is 12.1. The second kappa shape index (κ2) is 8.62. The molecule has 1 unspecified atom stereocenters. The third-order valence-electron chi connectivity index (χ3n) is 5.94. The van der Waals surface area contributed by atoms with Gasteiger partial charge in [0, 0.05) is 69.7 Å². The minimum atomic E-state index is 0.284. The van der Waals surface area contributed by atoms with Crippen LogP contribution >= 0.6 is 0 Å². The van der Waals surface area contributed by atoms with Crippen LogP contribution in [0.15, 0.2) is 12.4 Å². The summed E-state index contributed by atoms with van der Waals surface area (Å²) in [5.74, 6) is 0. The van der Waals surface area contributed by atoms with Crippen molar-refractivity contribution in [2.45, 2.75) is 57.8 Å². The topological polar surface area (TPSA) is 47.8 Å². The minimum absolute atomic E-state index is 0.284. The highest BCUT2D eigenvalue weighted by atomic mass is 16.3. The van der Waals surface area contributed by atoms with Crippen molar-refractivity contribution in [1.82, 2.24) is 24.5 Å². The van der Waals surface area contributed by atoms with Gasteiger partial charge in [-0.05, 0) is 46.2 Å². The number of likely N-dealkylation sites (tertiary alicyclic amines) is 1. The Bertz CT molecular complexity index is 524. The van der Waals surface area contributed by atoms with Crippen molar-refractivity contribution < 1.29 is 5.11 Å². The van der Waals surface area contributed by atoms with Crippen molar-refractivity contribution in [3.8, 4) is 0 Å². The highest BCUT2D eigenvalue weighted by Gasteiger charge is 2.33. The molecule has 0 radical (unpaired) electrons. The summed E-state index contributed by atoms with van der Waals surface area (Å²) < 4.78 is 1.87. The molecule has 2 fully saturated rings. The zero-order valence-electron chi connectivity index (χ0n) is 16.1. The monoisotopic (exact) mass is 349 g/mol. The van der Waals surface area contributed by atoms with Crippen molar-refractivity contribution in [2.24, 2.45) is 7.05 Å². The molecule has 2 aliphatic heterocycles. The molecule has 0 amide bonds. The maximum absolute atomic E-state index is 9.56. The molecule has 0 aromatic carbocycles. The van der Waals surface area contributed by atoms with Gasteiger partial charge in [-0.2, -0.15) is 5.10 Å². The lowest BCUT2D eigenvalue weighted by atomic mass is 9.97. The second-order valence-corrected chi connectivity index (χ2v) is 8.02. The molecule has 2 aliphatic rings. The lowest BCUT2D eigenvalue weighted by molar-refractivity contribution is -0.0000339. The molecule has 3 rings (SSSR count). The normalized spacial score (nSPS) is 25.1. The Kier molecular flexibility index (Phi) is 6.49. The van der Waals surface area contributed by atoms with Gasteiger partial charge < -0.3 is 10.0 Å². The van der Waals surface area contributed by atoms with Crippen molar-refractivity contribution in [2.75, 3.05) is 39.3 Å². The molecule has 0 spiro atoms. The van der Waals surface area contributed by atoms with Crippen molar-refractivity contribution >= 4 is 0 Å². The SMILES string of the molecule is CC(C)N1CCC(N2CCN(Cc3cnn(C)c3)CC2CCO)CC1. The van der Waals surface area contributed by atoms with Gasteiger partial charge in [0.15, 0.2) is 0 Å². The lowest BCUT2D eigenvalue weighted by Crippen LogP contribution is -2.58. The number of rotatable bonds is 6. The molecule has 2 saturated heterocycles. The molecular formula is C19H35N5O. The summed E-state index contributed by atoms with van der Waals surface area (Å²) in [6.45, 7) is 11.6. The summed E-state index contributed by atoms with van der Waals surface area (Å²) in [4.78, 5) is 7.82. The fourth-order valence-corrected chi connectivity index (χ4v) is 4.51. The average molecular weight is 350 g/mol. The smallest absolute Gasteiger partial charge is 0.0534 e. The van der Waals surface area contributed by atoms with Crippen LogP contribution in [0.1, 0.15) is 38.7 Å². The molecule has 1 N–H and O–H groups in total. The number of aliphatic hydroxyl groups is 1. The Labute approximate surface area is 152 Å². The van der Waals surface area contributed by atoms with Crippen molar-refractivity contribution in [1.29, 1.82) is 0 Å². The van der Waals surface area contributed by atoms with Crippen LogP contribution in [0, 0.1) is 0 Å². The van der Waals surface area contributed by atoms with E-state index in [0.717, 1.165) is 32.6 Å². The molecule has 25 heavy (non-hydrogen) atoms. The van der Waals surface area contributed by atoms with Crippen LogP contribution in [0.2, 0.25) is 0 Å². The third-order valence-corrected chi connectivity index (χ3v) is 5.94. The molecule has 3 heterocycles. The highest BCUT2D eigenvalue weighted by Crippen LogP contribution is 2.24. The second-order valence-electron chi connectivity index (χ2n) is 8.02.